The number of ether oxygens (including phenoxy) is 1. The van der Waals surface area contributed by atoms with Gasteiger partial charge < -0.3 is 15.4 Å². The Hall–Kier alpha value is -3.92. The smallest absolute Gasteiger partial charge is 0.254 e. The van der Waals surface area contributed by atoms with Crippen LogP contribution in [0.15, 0.2) is 60.9 Å². The van der Waals surface area contributed by atoms with Crippen molar-refractivity contribution in [1.82, 2.24) is 15.3 Å². The van der Waals surface area contributed by atoms with E-state index in [4.69, 9.17) is 10.00 Å². The first-order valence-corrected chi connectivity index (χ1v) is 8.69. The average Bonchev–Trinajstić information content (AvgIpc) is 2.74. The first kappa shape index (κ1) is 18.9. The highest BCUT2D eigenvalue weighted by Crippen LogP contribution is 2.17. The number of para-hydroxylation sites is 1. The molecule has 0 fully saturated rings. The molecule has 0 unspecified atom stereocenters. The number of rotatable bonds is 7. The standard InChI is InChI=1S/C21H19N5O2/c1-28-18-7-4-5-15(11-18)9-10-23-20(27)17-13-24-21(25-14-17)26-19-8-3-2-6-16(19)12-22/h2-8,11,13-14H,9-10H2,1H3,(H,23,27)(H,24,25,26). The van der Waals surface area contributed by atoms with E-state index in [9.17, 15) is 4.79 Å². The molecule has 2 aromatic carbocycles. The summed E-state index contributed by atoms with van der Waals surface area (Å²) in [6.07, 6.45) is 3.59. The number of hydrogen-bond donors (Lipinski definition) is 2. The van der Waals surface area contributed by atoms with Crippen LogP contribution in [0, 0.1) is 11.3 Å². The van der Waals surface area contributed by atoms with E-state index >= 15 is 0 Å². The van der Waals surface area contributed by atoms with Gasteiger partial charge in [-0.1, -0.05) is 24.3 Å². The molecule has 2 N–H and O–H groups in total. The largest absolute Gasteiger partial charge is 0.497 e. The monoisotopic (exact) mass is 373 g/mol. The molecule has 0 saturated carbocycles. The van der Waals surface area contributed by atoms with E-state index in [-0.39, 0.29) is 5.91 Å². The molecular weight excluding hydrogens is 354 g/mol. The molecule has 0 aliphatic rings. The Bertz CT molecular complexity index is 996. The molecule has 0 spiro atoms. The van der Waals surface area contributed by atoms with Gasteiger partial charge in [-0.3, -0.25) is 4.79 Å². The maximum Gasteiger partial charge on any atom is 0.254 e. The van der Waals surface area contributed by atoms with Crippen molar-refractivity contribution in [3.8, 4) is 11.8 Å². The summed E-state index contributed by atoms with van der Waals surface area (Å²) in [5.41, 5.74) is 2.54. The van der Waals surface area contributed by atoms with Gasteiger partial charge in [0.1, 0.15) is 11.8 Å². The third-order valence-electron chi connectivity index (χ3n) is 4.04. The van der Waals surface area contributed by atoms with Gasteiger partial charge in [0.25, 0.3) is 5.91 Å². The van der Waals surface area contributed by atoms with Gasteiger partial charge in [-0.25, -0.2) is 9.97 Å². The third-order valence-corrected chi connectivity index (χ3v) is 4.04. The molecule has 1 heterocycles. The number of aromatic nitrogens is 2. The summed E-state index contributed by atoms with van der Waals surface area (Å²) < 4.78 is 5.19. The van der Waals surface area contributed by atoms with Crippen molar-refractivity contribution in [2.45, 2.75) is 6.42 Å². The quantitative estimate of drug-likeness (QED) is 0.660. The fourth-order valence-corrected chi connectivity index (χ4v) is 2.57. The molecule has 0 bridgehead atoms. The number of carbonyl (C=O) groups excluding carboxylic acids is 1. The van der Waals surface area contributed by atoms with E-state index in [0.29, 0.717) is 35.7 Å². The van der Waals surface area contributed by atoms with Crippen LogP contribution in [0.4, 0.5) is 11.6 Å². The molecule has 0 radical (unpaired) electrons. The lowest BCUT2D eigenvalue weighted by Gasteiger charge is -2.08. The van der Waals surface area contributed by atoms with Crippen LogP contribution in [0.25, 0.3) is 0 Å². The molecule has 7 heteroatoms. The maximum absolute atomic E-state index is 12.2. The van der Waals surface area contributed by atoms with Gasteiger partial charge in [0.2, 0.25) is 5.95 Å². The Kier molecular flexibility index (Phi) is 6.16. The topological polar surface area (TPSA) is 99.9 Å². The number of anilines is 2. The van der Waals surface area contributed by atoms with Gasteiger partial charge in [-0.15, -0.1) is 0 Å². The minimum atomic E-state index is -0.244. The molecule has 28 heavy (non-hydrogen) atoms. The minimum absolute atomic E-state index is 0.244. The van der Waals surface area contributed by atoms with Crippen LogP contribution in [0.2, 0.25) is 0 Å². The van der Waals surface area contributed by atoms with Gasteiger partial charge in [0.05, 0.1) is 23.9 Å². The highest BCUT2D eigenvalue weighted by Gasteiger charge is 2.08. The Morgan fingerprint density at radius 2 is 1.93 bits per heavy atom. The Morgan fingerprint density at radius 1 is 1.14 bits per heavy atom. The molecule has 140 valence electrons. The van der Waals surface area contributed by atoms with Crippen molar-refractivity contribution in [3.63, 3.8) is 0 Å². The lowest BCUT2D eigenvalue weighted by Crippen LogP contribution is -2.26. The zero-order chi connectivity index (χ0) is 19.8. The second kappa shape index (κ2) is 9.14. The summed E-state index contributed by atoms with van der Waals surface area (Å²) in [6.45, 7) is 0.488. The Labute approximate surface area is 163 Å². The number of carbonyl (C=O) groups is 1. The Balaban J connectivity index is 1.55. The lowest BCUT2D eigenvalue weighted by molar-refractivity contribution is 0.0953. The van der Waals surface area contributed by atoms with Crippen LogP contribution in [-0.4, -0.2) is 29.5 Å². The van der Waals surface area contributed by atoms with Gasteiger partial charge >= 0.3 is 0 Å². The molecule has 0 aliphatic carbocycles. The molecule has 3 aromatic rings. The summed E-state index contributed by atoms with van der Waals surface area (Å²) in [6, 6.07) is 16.9. The van der Waals surface area contributed by atoms with Crippen LogP contribution in [-0.2, 0) is 6.42 Å². The van der Waals surface area contributed by atoms with Crippen LogP contribution < -0.4 is 15.4 Å². The maximum atomic E-state index is 12.2. The number of methoxy groups -OCH3 is 1. The van der Waals surface area contributed by atoms with Gasteiger partial charge in [-0.2, -0.15) is 5.26 Å². The number of nitrogens with zero attached hydrogens (tertiary/aromatic N) is 3. The van der Waals surface area contributed by atoms with E-state index in [1.54, 1.807) is 25.3 Å². The number of amides is 1. The summed E-state index contributed by atoms with van der Waals surface area (Å²) in [4.78, 5) is 20.5. The summed E-state index contributed by atoms with van der Waals surface area (Å²) in [5, 5.41) is 14.9. The predicted molar refractivity (Wildman–Crippen MR) is 106 cm³/mol. The van der Waals surface area contributed by atoms with Gasteiger partial charge in [-0.05, 0) is 36.2 Å². The molecule has 0 atom stereocenters. The van der Waals surface area contributed by atoms with E-state index < -0.39 is 0 Å². The summed E-state index contributed by atoms with van der Waals surface area (Å²) >= 11 is 0. The number of nitriles is 1. The van der Waals surface area contributed by atoms with Crippen molar-refractivity contribution >= 4 is 17.5 Å². The van der Waals surface area contributed by atoms with Crippen molar-refractivity contribution in [3.05, 3.63) is 77.6 Å². The molecule has 0 saturated heterocycles. The number of hydrogen-bond acceptors (Lipinski definition) is 6. The minimum Gasteiger partial charge on any atom is -0.497 e. The average molecular weight is 373 g/mol. The first-order chi connectivity index (χ1) is 13.7. The molecule has 3 rings (SSSR count). The number of nitrogens with one attached hydrogen (secondary N) is 2. The normalized spacial score (nSPS) is 10.0. The fraction of sp³-hybridized carbons (Fsp3) is 0.143. The fourth-order valence-electron chi connectivity index (χ4n) is 2.57. The highest BCUT2D eigenvalue weighted by atomic mass is 16.5. The zero-order valence-electron chi connectivity index (χ0n) is 15.3. The van der Waals surface area contributed by atoms with E-state index in [0.717, 1.165) is 11.3 Å². The molecule has 1 amide bonds. The third kappa shape index (κ3) is 4.83. The highest BCUT2D eigenvalue weighted by molar-refractivity contribution is 5.93. The van der Waals surface area contributed by atoms with Gasteiger partial charge in [0, 0.05) is 18.9 Å². The van der Waals surface area contributed by atoms with Crippen molar-refractivity contribution in [2.24, 2.45) is 0 Å². The summed E-state index contributed by atoms with van der Waals surface area (Å²) in [5.74, 6) is 0.862. The van der Waals surface area contributed by atoms with E-state index in [2.05, 4.69) is 26.7 Å². The van der Waals surface area contributed by atoms with Crippen molar-refractivity contribution in [1.29, 1.82) is 5.26 Å². The Morgan fingerprint density at radius 3 is 2.68 bits per heavy atom. The van der Waals surface area contributed by atoms with E-state index in [1.807, 2.05) is 30.3 Å². The lowest BCUT2D eigenvalue weighted by atomic mass is 10.1. The van der Waals surface area contributed by atoms with Crippen molar-refractivity contribution < 1.29 is 9.53 Å². The molecule has 7 nitrogen and oxygen atoms in total. The molecular formula is C21H19N5O2. The second-order valence-corrected chi connectivity index (χ2v) is 5.94. The van der Waals surface area contributed by atoms with Crippen LogP contribution in [0.3, 0.4) is 0 Å². The van der Waals surface area contributed by atoms with Gasteiger partial charge in [0.15, 0.2) is 0 Å². The number of benzene rings is 2. The predicted octanol–water partition coefficient (Wildman–Crippen LogP) is 3.07. The zero-order valence-corrected chi connectivity index (χ0v) is 15.3. The van der Waals surface area contributed by atoms with Crippen LogP contribution in [0.1, 0.15) is 21.5 Å². The SMILES string of the molecule is COc1cccc(CCNC(=O)c2cnc(Nc3ccccc3C#N)nc2)c1. The molecule has 0 aliphatic heterocycles. The molecule has 1 aromatic heterocycles. The first-order valence-electron chi connectivity index (χ1n) is 8.69. The van der Waals surface area contributed by atoms with Crippen molar-refractivity contribution in [2.75, 3.05) is 19.0 Å². The van der Waals surface area contributed by atoms with E-state index in [1.165, 1.54) is 12.4 Å². The van der Waals surface area contributed by atoms with Crippen LogP contribution in [0.5, 0.6) is 5.75 Å². The summed E-state index contributed by atoms with van der Waals surface area (Å²) in [7, 11) is 1.62. The van der Waals surface area contributed by atoms with Crippen LogP contribution >= 0.6 is 0 Å². The second-order valence-electron chi connectivity index (χ2n) is 5.94.